The molecule has 0 aliphatic rings. The van der Waals surface area contributed by atoms with E-state index in [0.717, 1.165) is 0 Å². The first-order valence-electron chi connectivity index (χ1n) is 12.2. The summed E-state index contributed by atoms with van der Waals surface area (Å²) in [6, 6.07) is 0. The van der Waals surface area contributed by atoms with Gasteiger partial charge in [-0.3, -0.25) is 0 Å². The van der Waals surface area contributed by atoms with Gasteiger partial charge in [-0.1, -0.05) is 0 Å². The van der Waals surface area contributed by atoms with Gasteiger partial charge in [-0.15, -0.1) is 0 Å². The smallest absolute Gasteiger partial charge is 0.424 e. The lowest BCUT2D eigenvalue weighted by Crippen LogP contribution is -2.47. The summed E-state index contributed by atoms with van der Waals surface area (Å²) in [4.78, 5) is 0. The molecule has 0 bridgehead atoms. The molecule has 0 radical (unpaired) electrons. The van der Waals surface area contributed by atoms with Crippen molar-refractivity contribution in [2.45, 2.75) is 0 Å². The number of rotatable bonds is 20. The van der Waals surface area contributed by atoms with Gasteiger partial charge in [0.25, 0.3) is 0 Å². The predicted molar refractivity (Wildman–Crippen MR) is 203 cm³/mol. The molecule has 0 spiro atoms. The maximum absolute atomic E-state index is 10.5. The Balaban J connectivity index is -0.000000148. The van der Waals surface area contributed by atoms with E-state index in [-0.39, 0.29) is 18.7 Å². The van der Waals surface area contributed by atoms with Gasteiger partial charge in [0.1, 0.15) is 103 Å². The van der Waals surface area contributed by atoms with E-state index >= 15 is 0 Å². The quantitative estimate of drug-likeness (QED) is 0.0963. The van der Waals surface area contributed by atoms with Crippen LogP contribution in [-0.4, -0.2) is 229 Å². The van der Waals surface area contributed by atoms with Gasteiger partial charge in [-0.05, 0) is 0 Å². The van der Waals surface area contributed by atoms with Gasteiger partial charge >= 0.3 is 60.9 Å². The van der Waals surface area contributed by atoms with Crippen molar-refractivity contribution in [3.05, 3.63) is 0 Å². The van der Waals surface area contributed by atoms with Gasteiger partial charge in [0.05, 0.1) is 0 Å². The van der Waals surface area contributed by atoms with Crippen LogP contribution in [-0.2, 0) is 72.8 Å². The van der Waals surface area contributed by atoms with Gasteiger partial charge in [0.2, 0.25) is 0 Å². The molecule has 0 fully saturated rings. The minimum atomic E-state index is -2.64. The first kappa shape index (κ1) is 56.5. The second-order valence-corrected chi connectivity index (χ2v) is 36.5. The summed E-state index contributed by atoms with van der Waals surface area (Å²) in [7, 11) is -0.151. The van der Waals surface area contributed by atoms with Crippen molar-refractivity contribution in [1.82, 2.24) is 0 Å². The number of aliphatic hydroxyl groups excluding tert-OH is 3. The molecule has 35 heteroatoms. The van der Waals surface area contributed by atoms with Crippen LogP contribution in [0.25, 0.3) is 0 Å². The van der Waals surface area contributed by atoms with Crippen molar-refractivity contribution in [1.29, 1.82) is 0 Å². The fourth-order valence-electron chi connectivity index (χ4n) is 2.12. The Labute approximate surface area is 299 Å². The minimum Gasteiger partial charge on any atom is -0.424 e. The SMILES string of the molecule is CO[Si](CO)(OC)OC.CO[Si](CO)(OC)O[SiH3].CO[Si](CO)(O[SiH3])O[SiH3].CO[Si](O[SiH3])(O[SiH3])[SiH]=O.O=[SiH][Si](O[SiH3])(O[SiH3])O[SiH3]. The average molecular weight is 918 g/mol. The molecule has 0 amide bonds. The van der Waals surface area contributed by atoms with E-state index in [9.17, 15) is 8.92 Å². The molecular formula is C10H56O20Si15. The van der Waals surface area contributed by atoms with E-state index in [4.69, 9.17) is 79.2 Å². The molecule has 0 aromatic heterocycles. The van der Waals surface area contributed by atoms with Crippen molar-refractivity contribution < 1.29 is 88.1 Å². The van der Waals surface area contributed by atoms with E-state index < -0.39 is 60.9 Å². The Bertz CT molecular complexity index is 516. The standard InChI is InChI=1S/C4H12O4Si.C3H12O4Si2.C2H12O4Si3.CH10O4Si4.H10O4Si5/c1-6-9(4-5,7-2)8-3;1-5-9(3-4,6-2)7-8;1-4-9(2-3,5-7)6-8;1-3-9(4-6,5-7)8-2;1-8-9(2-5,3-6)4-7/h5H,4H2,1-3H3;4H,3H2,1-2,8H3;3H,2H2,1,7-8H3;8H,1,6-7H3;8H,5-7H3. The van der Waals surface area contributed by atoms with Crippen LogP contribution in [0.4, 0.5) is 0 Å². The first-order chi connectivity index (χ1) is 21.2. The molecular weight excluding hydrogens is 861 g/mol. The van der Waals surface area contributed by atoms with Crippen LogP contribution in [0.15, 0.2) is 0 Å². The van der Waals surface area contributed by atoms with E-state index in [1.165, 1.54) is 49.8 Å². The third-order valence-electron chi connectivity index (χ3n) is 5.38. The highest BCUT2D eigenvalue weighted by atomic mass is 29.2. The zero-order valence-corrected chi connectivity index (χ0v) is 52.4. The topological polar surface area (TPSA) is 233 Å². The van der Waals surface area contributed by atoms with E-state index in [2.05, 4.69) is 0 Å². The van der Waals surface area contributed by atoms with E-state index in [0.29, 0.717) is 83.9 Å². The van der Waals surface area contributed by atoms with Crippen molar-refractivity contribution in [2.75, 3.05) is 68.5 Å². The Morgan fingerprint density at radius 3 is 0.644 bits per heavy atom. The summed E-state index contributed by atoms with van der Waals surface area (Å²) in [5, 5.41) is 26.1. The number of aliphatic hydroxyl groups is 3. The third kappa shape index (κ3) is 23.3. The molecule has 0 saturated carbocycles. The monoisotopic (exact) mass is 916 g/mol. The lowest BCUT2D eigenvalue weighted by Gasteiger charge is -2.22. The molecule has 0 saturated heterocycles. The summed E-state index contributed by atoms with van der Waals surface area (Å²) in [6.07, 6.45) is -0.448. The molecule has 276 valence electrons. The average Bonchev–Trinajstić information content (AvgIpc) is 3.12. The Morgan fingerprint density at radius 2 is 0.644 bits per heavy atom. The van der Waals surface area contributed by atoms with Crippen LogP contribution in [0.2, 0.25) is 0 Å². The Morgan fingerprint density at radius 1 is 0.400 bits per heavy atom. The Kier molecular flexibility index (Phi) is 43.4. The summed E-state index contributed by atoms with van der Waals surface area (Å²) in [5.74, 6) is 0. The normalized spacial score (nSPS) is 15.5. The molecule has 0 rings (SSSR count). The van der Waals surface area contributed by atoms with Crippen LogP contribution >= 0.6 is 0 Å². The lowest BCUT2D eigenvalue weighted by molar-refractivity contribution is 0.0953. The molecule has 0 unspecified atom stereocenters. The predicted octanol–water partition coefficient (Wildman–Crippen LogP) is -14.3. The Hall–Kier alpha value is 2.13. The van der Waals surface area contributed by atoms with Crippen molar-refractivity contribution in [3.63, 3.8) is 0 Å². The molecule has 20 nitrogen and oxygen atoms in total. The van der Waals surface area contributed by atoms with Gasteiger partial charge < -0.3 is 88.1 Å². The van der Waals surface area contributed by atoms with Crippen molar-refractivity contribution in [2.24, 2.45) is 0 Å². The van der Waals surface area contributed by atoms with Crippen LogP contribution in [0, 0.1) is 0 Å². The van der Waals surface area contributed by atoms with E-state index in [1.807, 2.05) is 0 Å². The summed E-state index contributed by atoms with van der Waals surface area (Å²) < 4.78 is 94.9. The van der Waals surface area contributed by atoms with E-state index in [1.54, 1.807) is 0 Å². The van der Waals surface area contributed by atoms with Gasteiger partial charge in [0.15, 0.2) is 0 Å². The largest absolute Gasteiger partial charge is 0.527 e. The highest BCUT2D eigenvalue weighted by Gasteiger charge is 2.38. The molecule has 0 aromatic rings. The maximum atomic E-state index is 10.5. The van der Waals surface area contributed by atoms with Crippen molar-refractivity contribution in [3.8, 4) is 0 Å². The van der Waals surface area contributed by atoms with Crippen LogP contribution in [0.3, 0.4) is 0 Å². The number of hydrogen-bond donors (Lipinski definition) is 3. The zero-order chi connectivity index (χ0) is 36.6. The van der Waals surface area contributed by atoms with Gasteiger partial charge in [0, 0.05) is 49.8 Å². The third-order valence-corrected chi connectivity index (χ3v) is 43.3. The van der Waals surface area contributed by atoms with Crippen LogP contribution in [0.5, 0.6) is 0 Å². The first-order valence-corrected chi connectivity index (χ1v) is 32.6. The second-order valence-electron chi connectivity index (χ2n) is 7.03. The molecule has 0 atom stereocenters. The maximum Gasteiger partial charge on any atom is 0.527 e. The van der Waals surface area contributed by atoms with Gasteiger partial charge in [-0.2, -0.15) is 0 Å². The molecule has 0 aromatic carbocycles. The highest BCUT2D eigenvalue weighted by Crippen LogP contribution is 2.04. The second kappa shape index (κ2) is 34.6. The lowest BCUT2D eigenvalue weighted by atomic mass is 11.7. The molecule has 0 heterocycles. The molecule has 3 N–H and O–H groups in total. The fraction of sp³-hybridized carbons (Fsp3) is 1.00. The van der Waals surface area contributed by atoms with Crippen molar-refractivity contribution >= 4 is 145 Å². The minimum absolute atomic E-state index is 0.115. The van der Waals surface area contributed by atoms with Crippen LogP contribution < -0.4 is 0 Å². The van der Waals surface area contributed by atoms with Gasteiger partial charge in [-0.25, -0.2) is 0 Å². The number of hydrogen-bond acceptors (Lipinski definition) is 20. The fourth-order valence-corrected chi connectivity index (χ4v) is 26.6. The summed E-state index contributed by atoms with van der Waals surface area (Å²) >= 11 is 0. The molecule has 45 heavy (non-hydrogen) atoms. The molecule has 0 aliphatic carbocycles. The molecule has 0 aliphatic heterocycles. The summed E-state index contributed by atoms with van der Waals surface area (Å²) in [5.41, 5.74) is 0. The van der Waals surface area contributed by atoms with Crippen LogP contribution in [0.1, 0.15) is 0 Å². The highest BCUT2D eigenvalue weighted by molar-refractivity contribution is 7.11. The zero-order valence-electron chi connectivity index (χ0n) is 29.1. The summed E-state index contributed by atoms with van der Waals surface area (Å²) in [6.45, 7) is 0.